The minimum absolute atomic E-state index is 0.106. The molecule has 0 aliphatic rings. The molecule has 6 heteroatoms. The van der Waals surface area contributed by atoms with E-state index in [9.17, 15) is 10.1 Å². The Morgan fingerprint density at radius 3 is 2.57 bits per heavy atom. The summed E-state index contributed by atoms with van der Waals surface area (Å²) in [6.45, 7) is 0. The van der Waals surface area contributed by atoms with Gasteiger partial charge in [-0.15, -0.1) is 0 Å². The van der Waals surface area contributed by atoms with Gasteiger partial charge >= 0.3 is 5.69 Å². The maximum atomic E-state index is 10.7. The first kappa shape index (κ1) is 12.9. The molecule has 1 aromatic heterocycles. The molecule has 1 heterocycles. The molecule has 21 heavy (non-hydrogen) atoms. The summed E-state index contributed by atoms with van der Waals surface area (Å²) in [5, 5.41) is 16.0. The quantitative estimate of drug-likeness (QED) is 0.566. The molecular formula is C15H12N4O2. The van der Waals surface area contributed by atoms with Gasteiger partial charge in [-0.25, -0.2) is 4.98 Å². The van der Waals surface area contributed by atoms with Crippen LogP contribution in [-0.2, 0) is 0 Å². The number of benzene rings is 2. The fourth-order valence-electron chi connectivity index (χ4n) is 2.16. The van der Waals surface area contributed by atoms with E-state index in [1.165, 1.54) is 12.1 Å². The molecule has 0 bridgehead atoms. The molecule has 0 aliphatic carbocycles. The summed E-state index contributed by atoms with van der Waals surface area (Å²) in [5.74, 6) is 0.361. The second-order valence-electron chi connectivity index (χ2n) is 4.51. The van der Waals surface area contributed by atoms with Crippen molar-refractivity contribution >= 4 is 33.8 Å². The Labute approximate surface area is 120 Å². The van der Waals surface area contributed by atoms with Gasteiger partial charge in [-0.1, -0.05) is 36.4 Å². The van der Waals surface area contributed by atoms with Crippen LogP contribution >= 0.6 is 0 Å². The Bertz CT molecular complexity index is 828. The zero-order chi connectivity index (χ0) is 14.8. The predicted octanol–water partition coefficient (Wildman–Crippen LogP) is 3.47. The molecule has 0 aliphatic heterocycles. The van der Waals surface area contributed by atoms with Crippen LogP contribution in [0.25, 0.3) is 10.8 Å². The molecule has 0 amide bonds. The molecule has 0 radical (unpaired) electrons. The van der Waals surface area contributed by atoms with E-state index in [1.54, 1.807) is 0 Å². The van der Waals surface area contributed by atoms with Gasteiger partial charge < -0.3 is 11.1 Å². The third-order valence-corrected chi connectivity index (χ3v) is 3.15. The highest BCUT2D eigenvalue weighted by Crippen LogP contribution is 2.27. The largest absolute Gasteiger partial charge is 0.378 e. The monoisotopic (exact) mass is 280 g/mol. The van der Waals surface area contributed by atoms with Crippen LogP contribution in [0.15, 0.2) is 54.6 Å². The number of aromatic nitrogens is 1. The van der Waals surface area contributed by atoms with Crippen LogP contribution in [0.2, 0.25) is 0 Å². The molecule has 0 fully saturated rings. The highest BCUT2D eigenvalue weighted by atomic mass is 16.6. The number of nitro groups is 1. The first-order chi connectivity index (χ1) is 10.1. The van der Waals surface area contributed by atoms with Gasteiger partial charge in [0.2, 0.25) is 5.82 Å². The van der Waals surface area contributed by atoms with Gasteiger partial charge in [-0.2, -0.15) is 0 Å². The van der Waals surface area contributed by atoms with Crippen LogP contribution < -0.4 is 11.1 Å². The van der Waals surface area contributed by atoms with Crippen molar-refractivity contribution in [3.05, 3.63) is 64.7 Å². The first-order valence-corrected chi connectivity index (χ1v) is 6.31. The zero-order valence-electron chi connectivity index (χ0n) is 11.0. The van der Waals surface area contributed by atoms with Crippen molar-refractivity contribution in [2.45, 2.75) is 0 Å². The van der Waals surface area contributed by atoms with Crippen LogP contribution in [0.4, 0.5) is 23.0 Å². The Balaban J connectivity index is 1.99. The van der Waals surface area contributed by atoms with Gasteiger partial charge in [-0.3, -0.25) is 10.1 Å². The lowest BCUT2D eigenvalue weighted by Crippen LogP contribution is -2.01. The maximum Gasteiger partial charge on any atom is 0.311 e. The minimum atomic E-state index is -0.552. The average molecular weight is 280 g/mol. The topological polar surface area (TPSA) is 94.1 Å². The number of rotatable bonds is 3. The van der Waals surface area contributed by atoms with E-state index in [-0.39, 0.29) is 11.5 Å². The number of nitrogens with zero attached hydrogens (tertiary/aromatic N) is 2. The third kappa shape index (κ3) is 2.46. The van der Waals surface area contributed by atoms with Crippen molar-refractivity contribution in [3.63, 3.8) is 0 Å². The van der Waals surface area contributed by atoms with Crippen molar-refractivity contribution in [1.82, 2.24) is 4.98 Å². The lowest BCUT2D eigenvalue weighted by molar-refractivity contribution is -0.384. The molecule has 0 saturated heterocycles. The van der Waals surface area contributed by atoms with Gasteiger partial charge in [0.25, 0.3) is 0 Å². The summed E-state index contributed by atoms with van der Waals surface area (Å²) in [5.41, 5.74) is 6.27. The molecule has 104 valence electrons. The highest BCUT2D eigenvalue weighted by molar-refractivity contribution is 5.95. The summed E-state index contributed by atoms with van der Waals surface area (Å²) >= 11 is 0. The number of pyridine rings is 1. The fraction of sp³-hybridized carbons (Fsp3) is 0. The van der Waals surface area contributed by atoms with E-state index in [4.69, 9.17) is 5.73 Å². The second-order valence-corrected chi connectivity index (χ2v) is 4.51. The number of nitrogens with one attached hydrogen (secondary N) is 1. The standard InChI is InChI=1S/C15H12N4O2/c16-15-13(19(20)21)8-9-14(18-15)17-12-7-3-5-10-4-1-2-6-11(10)12/h1-9H,(H3,16,17,18). The van der Waals surface area contributed by atoms with E-state index in [2.05, 4.69) is 10.3 Å². The van der Waals surface area contributed by atoms with Crippen molar-refractivity contribution in [2.75, 3.05) is 11.1 Å². The van der Waals surface area contributed by atoms with Crippen molar-refractivity contribution in [2.24, 2.45) is 0 Å². The van der Waals surface area contributed by atoms with E-state index in [0.717, 1.165) is 16.5 Å². The third-order valence-electron chi connectivity index (χ3n) is 3.15. The van der Waals surface area contributed by atoms with Crippen LogP contribution in [0.1, 0.15) is 0 Å². The minimum Gasteiger partial charge on any atom is -0.378 e. The zero-order valence-corrected chi connectivity index (χ0v) is 11.0. The van der Waals surface area contributed by atoms with Crippen LogP contribution in [0.5, 0.6) is 0 Å². The van der Waals surface area contributed by atoms with Gasteiger partial charge in [0.1, 0.15) is 5.82 Å². The van der Waals surface area contributed by atoms with Gasteiger partial charge in [0.15, 0.2) is 0 Å². The van der Waals surface area contributed by atoms with Gasteiger partial charge in [0.05, 0.1) is 4.92 Å². The smallest absolute Gasteiger partial charge is 0.311 e. The first-order valence-electron chi connectivity index (χ1n) is 6.31. The molecule has 0 atom stereocenters. The molecule has 0 spiro atoms. The van der Waals surface area contributed by atoms with Crippen LogP contribution in [-0.4, -0.2) is 9.91 Å². The van der Waals surface area contributed by atoms with Crippen molar-refractivity contribution < 1.29 is 4.92 Å². The van der Waals surface area contributed by atoms with E-state index >= 15 is 0 Å². The molecule has 6 nitrogen and oxygen atoms in total. The molecule has 3 rings (SSSR count). The maximum absolute atomic E-state index is 10.7. The van der Waals surface area contributed by atoms with Crippen LogP contribution in [0, 0.1) is 10.1 Å². The number of hydrogen-bond donors (Lipinski definition) is 2. The highest BCUT2D eigenvalue weighted by Gasteiger charge is 2.13. The normalized spacial score (nSPS) is 10.5. The molecule has 3 N–H and O–H groups in total. The Morgan fingerprint density at radius 1 is 1.05 bits per heavy atom. The predicted molar refractivity (Wildman–Crippen MR) is 82.5 cm³/mol. The summed E-state index contributed by atoms with van der Waals surface area (Å²) < 4.78 is 0. The Kier molecular flexibility index (Phi) is 3.12. The van der Waals surface area contributed by atoms with Gasteiger partial charge in [-0.05, 0) is 17.5 Å². The van der Waals surface area contributed by atoms with Crippen molar-refractivity contribution in [1.29, 1.82) is 0 Å². The summed E-state index contributed by atoms with van der Waals surface area (Å²) in [7, 11) is 0. The summed E-state index contributed by atoms with van der Waals surface area (Å²) in [4.78, 5) is 14.2. The Morgan fingerprint density at radius 2 is 1.81 bits per heavy atom. The second kappa shape index (κ2) is 5.09. The average Bonchev–Trinajstić information content (AvgIpc) is 2.47. The lowest BCUT2D eigenvalue weighted by Gasteiger charge is -2.09. The number of anilines is 3. The van der Waals surface area contributed by atoms with Crippen molar-refractivity contribution in [3.8, 4) is 0 Å². The number of nitrogen functional groups attached to an aromatic ring is 1. The van der Waals surface area contributed by atoms with E-state index in [1.807, 2.05) is 42.5 Å². The number of hydrogen-bond acceptors (Lipinski definition) is 5. The van der Waals surface area contributed by atoms with Crippen LogP contribution in [0.3, 0.4) is 0 Å². The number of fused-ring (bicyclic) bond motifs is 1. The lowest BCUT2D eigenvalue weighted by atomic mass is 10.1. The molecule has 2 aromatic carbocycles. The molecular weight excluding hydrogens is 268 g/mol. The SMILES string of the molecule is Nc1nc(Nc2cccc3ccccc23)ccc1[N+](=O)[O-]. The number of nitrogens with two attached hydrogens (primary N) is 1. The van der Waals surface area contributed by atoms with Gasteiger partial charge in [0, 0.05) is 17.1 Å². The molecule has 0 unspecified atom stereocenters. The summed E-state index contributed by atoms with van der Waals surface area (Å²) in [6, 6.07) is 16.7. The fourth-order valence-corrected chi connectivity index (χ4v) is 2.16. The molecule has 0 saturated carbocycles. The molecule has 3 aromatic rings. The summed E-state index contributed by atoms with van der Waals surface area (Å²) in [6.07, 6.45) is 0. The van der Waals surface area contributed by atoms with E-state index < -0.39 is 4.92 Å². The van der Waals surface area contributed by atoms with E-state index in [0.29, 0.717) is 5.82 Å². The Hall–Kier alpha value is -3.15.